The molecule has 0 unspecified atom stereocenters. The first kappa shape index (κ1) is 19.2. The quantitative estimate of drug-likeness (QED) is 0.717. The summed E-state index contributed by atoms with van der Waals surface area (Å²) in [6.07, 6.45) is 0.876. The molecule has 27 heavy (non-hydrogen) atoms. The highest BCUT2D eigenvalue weighted by Gasteiger charge is 2.23. The first-order valence-electron chi connectivity index (χ1n) is 8.79. The molecular formula is C20H22ClN3O3. The lowest BCUT2D eigenvalue weighted by molar-refractivity contribution is -0.116. The smallest absolute Gasteiger partial charge is 0.252 e. The van der Waals surface area contributed by atoms with E-state index in [0.29, 0.717) is 36.0 Å². The standard InChI is InChI=1S/C20H22ClN3O3/c1-27-11-9-22-20(26)16-7-6-15(12-17(16)21)23-13-19(25)24-10-8-14-4-2-3-5-18(14)24/h2-7,12,23H,8-11,13H2,1H3,(H,22,26). The number of nitrogens with zero attached hydrogens (tertiary/aromatic N) is 1. The average molecular weight is 388 g/mol. The summed E-state index contributed by atoms with van der Waals surface area (Å²) in [4.78, 5) is 26.4. The van der Waals surface area contributed by atoms with Crippen molar-refractivity contribution in [3.05, 3.63) is 58.6 Å². The van der Waals surface area contributed by atoms with Crippen LogP contribution in [0, 0.1) is 0 Å². The fraction of sp³-hybridized carbons (Fsp3) is 0.300. The summed E-state index contributed by atoms with van der Waals surface area (Å²) >= 11 is 6.22. The Morgan fingerprint density at radius 3 is 2.81 bits per heavy atom. The maximum Gasteiger partial charge on any atom is 0.252 e. The van der Waals surface area contributed by atoms with Gasteiger partial charge in [-0.05, 0) is 36.2 Å². The average Bonchev–Trinajstić information content (AvgIpc) is 3.10. The van der Waals surface area contributed by atoms with Crippen molar-refractivity contribution in [3.63, 3.8) is 0 Å². The van der Waals surface area contributed by atoms with Crippen molar-refractivity contribution < 1.29 is 14.3 Å². The topological polar surface area (TPSA) is 70.7 Å². The van der Waals surface area contributed by atoms with Crippen molar-refractivity contribution in [1.29, 1.82) is 0 Å². The fourth-order valence-electron chi connectivity index (χ4n) is 3.04. The van der Waals surface area contributed by atoms with E-state index in [-0.39, 0.29) is 18.4 Å². The summed E-state index contributed by atoms with van der Waals surface area (Å²) in [6, 6.07) is 13.0. The van der Waals surface area contributed by atoms with E-state index in [4.69, 9.17) is 16.3 Å². The van der Waals surface area contributed by atoms with Crippen molar-refractivity contribution in [3.8, 4) is 0 Å². The summed E-state index contributed by atoms with van der Waals surface area (Å²) in [6.45, 7) is 1.70. The Hall–Kier alpha value is -2.57. The lowest BCUT2D eigenvalue weighted by Gasteiger charge is -2.18. The summed E-state index contributed by atoms with van der Waals surface area (Å²) in [5.74, 6) is -0.259. The van der Waals surface area contributed by atoms with Gasteiger partial charge in [0.05, 0.1) is 23.7 Å². The molecule has 1 aliphatic rings. The van der Waals surface area contributed by atoms with E-state index in [1.807, 2.05) is 24.3 Å². The van der Waals surface area contributed by atoms with Crippen molar-refractivity contribution in [2.75, 3.05) is 43.6 Å². The van der Waals surface area contributed by atoms with Gasteiger partial charge < -0.3 is 20.3 Å². The minimum Gasteiger partial charge on any atom is -0.383 e. The van der Waals surface area contributed by atoms with E-state index in [1.54, 1.807) is 30.2 Å². The van der Waals surface area contributed by atoms with E-state index in [1.165, 1.54) is 5.56 Å². The number of fused-ring (bicyclic) bond motifs is 1. The van der Waals surface area contributed by atoms with Crippen molar-refractivity contribution in [2.24, 2.45) is 0 Å². The van der Waals surface area contributed by atoms with Crippen LogP contribution in [-0.4, -0.2) is 45.2 Å². The van der Waals surface area contributed by atoms with E-state index in [0.717, 1.165) is 12.1 Å². The van der Waals surface area contributed by atoms with Gasteiger partial charge in [-0.1, -0.05) is 29.8 Å². The molecule has 0 aliphatic carbocycles. The molecule has 1 aliphatic heterocycles. The molecule has 1 heterocycles. The van der Waals surface area contributed by atoms with Gasteiger partial charge in [0, 0.05) is 31.6 Å². The zero-order valence-electron chi connectivity index (χ0n) is 15.1. The van der Waals surface area contributed by atoms with E-state index in [9.17, 15) is 9.59 Å². The molecule has 6 nitrogen and oxygen atoms in total. The monoisotopic (exact) mass is 387 g/mol. The molecule has 3 rings (SSSR count). The van der Waals surface area contributed by atoms with Crippen LogP contribution in [0.5, 0.6) is 0 Å². The third-order valence-corrected chi connectivity index (χ3v) is 4.75. The van der Waals surface area contributed by atoms with Crippen LogP contribution < -0.4 is 15.5 Å². The molecule has 0 fully saturated rings. The Morgan fingerprint density at radius 2 is 2.04 bits per heavy atom. The second-order valence-electron chi connectivity index (χ2n) is 6.22. The molecule has 142 valence electrons. The Kier molecular flexibility index (Phi) is 6.32. The van der Waals surface area contributed by atoms with E-state index < -0.39 is 0 Å². The van der Waals surface area contributed by atoms with Crippen LogP contribution in [0.4, 0.5) is 11.4 Å². The molecule has 0 saturated heterocycles. The second kappa shape index (κ2) is 8.88. The number of benzene rings is 2. The van der Waals surface area contributed by atoms with Crippen LogP contribution in [0.1, 0.15) is 15.9 Å². The fourth-order valence-corrected chi connectivity index (χ4v) is 3.31. The normalized spacial score (nSPS) is 12.6. The molecule has 7 heteroatoms. The number of hydrogen-bond acceptors (Lipinski definition) is 4. The molecule has 2 aromatic carbocycles. The van der Waals surface area contributed by atoms with Gasteiger partial charge in [-0.25, -0.2) is 0 Å². The number of anilines is 2. The maximum absolute atomic E-state index is 12.5. The first-order chi connectivity index (χ1) is 13.1. The number of ether oxygens (including phenoxy) is 1. The molecular weight excluding hydrogens is 366 g/mol. The third-order valence-electron chi connectivity index (χ3n) is 4.44. The number of amides is 2. The van der Waals surface area contributed by atoms with Crippen LogP contribution in [0.25, 0.3) is 0 Å². The summed E-state index contributed by atoms with van der Waals surface area (Å²) in [5, 5.41) is 6.14. The zero-order valence-corrected chi connectivity index (χ0v) is 15.9. The van der Waals surface area contributed by atoms with Gasteiger partial charge in [-0.3, -0.25) is 9.59 Å². The summed E-state index contributed by atoms with van der Waals surface area (Å²) in [7, 11) is 1.57. The van der Waals surface area contributed by atoms with Crippen molar-refractivity contribution in [2.45, 2.75) is 6.42 Å². The number of para-hydroxylation sites is 1. The Bertz CT molecular complexity index is 841. The SMILES string of the molecule is COCCNC(=O)c1ccc(NCC(=O)N2CCc3ccccc32)cc1Cl. The first-order valence-corrected chi connectivity index (χ1v) is 9.17. The van der Waals surface area contributed by atoms with E-state index >= 15 is 0 Å². The Labute approximate surface area is 163 Å². The maximum atomic E-state index is 12.5. The van der Waals surface area contributed by atoms with Gasteiger partial charge in [0.1, 0.15) is 0 Å². The summed E-state index contributed by atoms with van der Waals surface area (Å²) < 4.78 is 4.90. The second-order valence-corrected chi connectivity index (χ2v) is 6.63. The molecule has 2 aromatic rings. The van der Waals surface area contributed by atoms with Crippen LogP contribution in [-0.2, 0) is 16.0 Å². The lowest BCUT2D eigenvalue weighted by Crippen LogP contribution is -2.34. The van der Waals surface area contributed by atoms with Crippen LogP contribution in [0.3, 0.4) is 0 Å². The number of carbonyl (C=O) groups is 2. The van der Waals surface area contributed by atoms with Gasteiger partial charge in [0.25, 0.3) is 5.91 Å². The number of nitrogens with one attached hydrogen (secondary N) is 2. The van der Waals surface area contributed by atoms with Crippen molar-refractivity contribution in [1.82, 2.24) is 5.32 Å². The van der Waals surface area contributed by atoms with Gasteiger partial charge in [0.2, 0.25) is 5.91 Å². The number of hydrogen-bond donors (Lipinski definition) is 2. The number of halogens is 1. The predicted molar refractivity (Wildman–Crippen MR) is 107 cm³/mol. The molecule has 0 aromatic heterocycles. The van der Waals surface area contributed by atoms with Crippen LogP contribution >= 0.6 is 11.6 Å². The third kappa shape index (κ3) is 4.59. The minimum atomic E-state index is -0.256. The molecule has 0 spiro atoms. The Balaban J connectivity index is 1.58. The molecule has 0 bridgehead atoms. The predicted octanol–water partition coefficient (Wildman–Crippen LogP) is 2.72. The number of methoxy groups -OCH3 is 1. The zero-order chi connectivity index (χ0) is 19.2. The van der Waals surface area contributed by atoms with E-state index in [2.05, 4.69) is 10.6 Å². The van der Waals surface area contributed by atoms with Gasteiger partial charge in [-0.2, -0.15) is 0 Å². The highest BCUT2D eigenvalue weighted by Crippen LogP contribution is 2.27. The lowest BCUT2D eigenvalue weighted by atomic mass is 10.2. The Morgan fingerprint density at radius 1 is 1.22 bits per heavy atom. The minimum absolute atomic E-state index is 0.00235. The van der Waals surface area contributed by atoms with Gasteiger partial charge in [0.15, 0.2) is 0 Å². The molecule has 0 atom stereocenters. The van der Waals surface area contributed by atoms with Gasteiger partial charge in [-0.15, -0.1) is 0 Å². The molecule has 2 N–H and O–H groups in total. The highest BCUT2D eigenvalue weighted by atomic mass is 35.5. The largest absolute Gasteiger partial charge is 0.383 e. The molecule has 0 radical (unpaired) electrons. The van der Waals surface area contributed by atoms with Gasteiger partial charge >= 0.3 is 0 Å². The highest BCUT2D eigenvalue weighted by molar-refractivity contribution is 6.34. The summed E-state index contributed by atoms with van der Waals surface area (Å²) in [5.41, 5.74) is 3.25. The van der Waals surface area contributed by atoms with Crippen molar-refractivity contribution >= 4 is 34.8 Å². The molecule has 0 saturated carbocycles. The molecule has 2 amide bonds. The van der Waals surface area contributed by atoms with Crippen LogP contribution in [0.15, 0.2) is 42.5 Å². The number of carbonyl (C=O) groups excluding carboxylic acids is 2. The van der Waals surface area contributed by atoms with Crippen LogP contribution in [0.2, 0.25) is 5.02 Å². The number of rotatable bonds is 7.